The van der Waals surface area contributed by atoms with Crippen LogP contribution in [0.25, 0.3) is 0 Å². The lowest BCUT2D eigenvalue weighted by atomic mass is 9.45. The Morgan fingerprint density at radius 1 is 1.32 bits per heavy atom. The number of alkyl halides is 1. The highest BCUT2D eigenvalue weighted by Crippen LogP contribution is 2.71. The molecule has 4 aliphatic rings. The summed E-state index contributed by atoms with van der Waals surface area (Å²) in [7, 11) is 0. The molecule has 6 heteroatoms. The second kappa shape index (κ2) is 6.00. The van der Waals surface area contributed by atoms with Crippen molar-refractivity contribution in [2.45, 2.75) is 63.0 Å². The first-order valence-corrected chi connectivity index (χ1v) is 10.5. The van der Waals surface area contributed by atoms with Crippen molar-refractivity contribution in [3.05, 3.63) is 23.8 Å². The van der Waals surface area contributed by atoms with Crippen molar-refractivity contribution in [3.63, 3.8) is 0 Å². The Hall–Kier alpha value is -1.01. The molecule has 4 rings (SSSR count). The molecule has 0 spiro atoms. The summed E-state index contributed by atoms with van der Waals surface area (Å²) in [4.78, 5) is 23.5. The number of aliphatic hydroxyl groups is 3. The van der Waals surface area contributed by atoms with Crippen molar-refractivity contribution >= 4 is 23.2 Å². The molecule has 0 aromatic carbocycles. The van der Waals surface area contributed by atoms with Gasteiger partial charge in [0.15, 0.2) is 11.6 Å². The average molecular weight is 409 g/mol. The lowest BCUT2D eigenvalue weighted by Gasteiger charge is -2.63. The van der Waals surface area contributed by atoms with E-state index in [1.807, 2.05) is 26.8 Å². The van der Waals surface area contributed by atoms with Gasteiger partial charge < -0.3 is 15.3 Å². The van der Waals surface area contributed by atoms with Gasteiger partial charge in [-0.3, -0.25) is 9.59 Å². The van der Waals surface area contributed by atoms with Crippen molar-refractivity contribution in [1.29, 1.82) is 0 Å². The van der Waals surface area contributed by atoms with E-state index in [-0.39, 0.29) is 30.0 Å². The van der Waals surface area contributed by atoms with Crippen LogP contribution in [0.15, 0.2) is 23.8 Å². The Kier molecular flexibility index (Phi) is 4.35. The van der Waals surface area contributed by atoms with Crippen molar-refractivity contribution in [2.75, 3.05) is 6.61 Å². The quantitative estimate of drug-likeness (QED) is 0.608. The topological polar surface area (TPSA) is 94.8 Å². The van der Waals surface area contributed by atoms with E-state index in [0.717, 1.165) is 5.57 Å². The number of carbonyl (C=O) groups excluding carboxylic acids is 2. The van der Waals surface area contributed by atoms with E-state index in [2.05, 4.69) is 0 Å². The minimum Gasteiger partial charge on any atom is -0.391 e. The zero-order valence-corrected chi connectivity index (χ0v) is 17.4. The molecule has 8 atom stereocenters. The van der Waals surface area contributed by atoms with Crippen LogP contribution in [0.1, 0.15) is 46.5 Å². The number of ketones is 2. The first-order chi connectivity index (χ1) is 13.0. The highest BCUT2D eigenvalue weighted by atomic mass is 35.5. The van der Waals surface area contributed by atoms with E-state index in [9.17, 15) is 24.9 Å². The molecule has 0 bridgehead atoms. The number of halogens is 1. The average Bonchev–Trinajstić information content (AvgIpc) is 2.84. The lowest BCUT2D eigenvalue weighted by Crippen LogP contribution is -2.69. The van der Waals surface area contributed by atoms with E-state index < -0.39 is 39.8 Å². The second-order valence-electron chi connectivity index (χ2n) is 9.75. The fourth-order valence-corrected chi connectivity index (χ4v) is 7.78. The van der Waals surface area contributed by atoms with Gasteiger partial charge in [0.25, 0.3) is 0 Å². The fourth-order valence-electron chi connectivity index (χ4n) is 7.26. The van der Waals surface area contributed by atoms with Gasteiger partial charge in [0.2, 0.25) is 0 Å². The van der Waals surface area contributed by atoms with Crippen LogP contribution in [0.4, 0.5) is 0 Å². The molecule has 0 saturated heterocycles. The Morgan fingerprint density at radius 3 is 2.64 bits per heavy atom. The fraction of sp³-hybridized carbons (Fsp3) is 0.727. The van der Waals surface area contributed by atoms with E-state index in [4.69, 9.17) is 11.6 Å². The molecule has 3 fully saturated rings. The molecule has 4 unspecified atom stereocenters. The van der Waals surface area contributed by atoms with Crippen molar-refractivity contribution in [3.8, 4) is 0 Å². The normalized spacial score (nSPS) is 52.5. The molecule has 5 nitrogen and oxygen atoms in total. The molecule has 0 aliphatic heterocycles. The van der Waals surface area contributed by atoms with Crippen molar-refractivity contribution < 1.29 is 24.9 Å². The Bertz CT molecular complexity index is 805. The van der Waals surface area contributed by atoms with Crippen molar-refractivity contribution in [2.24, 2.45) is 28.6 Å². The standard InChI is InChI=1S/C22H29ClO5/c1-12-8-16-15-5-4-13-9-14(25)6-7-19(13,2)21(15,23)17(26)10-20(16,3)22(12,28)18(27)11-24/h6-7,9,12,15-17,24,26,28H,4-5,8,10-11H2,1-3H3/t12-,15?,16?,17+,19?,20?,21+,22+/m1/s1. The lowest BCUT2D eigenvalue weighted by molar-refractivity contribution is -0.179. The third-order valence-corrected chi connectivity index (χ3v) is 9.72. The molecule has 0 radical (unpaired) electrons. The Morgan fingerprint density at radius 2 is 2.00 bits per heavy atom. The summed E-state index contributed by atoms with van der Waals surface area (Å²) in [5.41, 5.74) is -2.25. The van der Waals surface area contributed by atoms with Crippen LogP contribution in [0, 0.1) is 28.6 Å². The van der Waals surface area contributed by atoms with Crippen LogP contribution in [-0.2, 0) is 9.59 Å². The van der Waals surface area contributed by atoms with Crippen LogP contribution in [-0.4, -0.2) is 50.1 Å². The van der Waals surface area contributed by atoms with Gasteiger partial charge in [-0.1, -0.05) is 32.4 Å². The Balaban J connectivity index is 1.84. The Labute approximate surface area is 170 Å². The number of hydrogen-bond donors (Lipinski definition) is 3. The smallest absolute Gasteiger partial charge is 0.190 e. The number of rotatable bonds is 2. The van der Waals surface area contributed by atoms with Crippen LogP contribution in [0.3, 0.4) is 0 Å². The van der Waals surface area contributed by atoms with Gasteiger partial charge in [-0.15, -0.1) is 11.6 Å². The third kappa shape index (κ3) is 2.09. The van der Waals surface area contributed by atoms with E-state index >= 15 is 0 Å². The summed E-state index contributed by atoms with van der Waals surface area (Å²) < 4.78 is 0. The molecule has 3 saturated carbocycles. The largest absolute Gasteiger partial charge is 0.391 e. The predicted octanol–water partition coefficient (Wildman–Crippen LogP) is 2.17. The van der Waals surface area contributed by atoms with Gasteiger partial charge in [0.05, 0.1) is 11.0 Å². The van der Waals surface area contributed by atoms with Gasteiger partial charge in [-0.05, 0) is 55.6 Å². The molecular formula is C22H29ClO5. The number of hydrogen-bond acceptors (Lipinski definition) is 5. The molecule has 4 aliphatic carbocycles. The minimum absolute atomic E-state index is 0.0567. The van der Waals surface area contributed by atoms with Gasteiger partial charge >= 0.3 is 0 Å². The summed E-state index contributed by atoms with van der Waals surface area (Å²) in [6.45, 7) is 4.97. The molecule has 28 heavy (non-hydrogen) atoms. The van der Waals surface area contributed by atoms with E-state index in [0.29, 0.717) is 19.3 Å². The molecular weight excluding hydrogens is 380 g/mol. The minimum atomic E-state index is -1.68. The summed E-state index contributed by atoms with van der Waals surface area (Å²) in [5, 5.41) is 32.3. The maximum Gasteiger partial charge on any atom is 0.190 e. The molecule has 0 heterocycles. The zero-order valence-electron chi connectivity index (χ0n) is 16.6. The monoisotopic (exact) mass is 408 g/mol. The molecule has 154 valence electrons. The van der Waals surface area contributed by atoms with E-state index in [1.165, 1.54) is 6.08 Å². The van der Waals surface area contributed by atoms with Crippen LogP contribution < -0.4 is 0 Å². The number of Topliss-reactive ketones (excluding diaryl/α,β-unsaturated/α-hetero) is 1. The highest BCUT2D eigenvalue weighted by molar-refractivity contribution is 6.26. The second-order valence-corrected chi connectivity index (χ2v) is 10.4. The summed E-state index contributed by atoms with van der Waals surface area (Å²) in [5.74, 6) is -1.15. The first kappa shape index (κ1) is 20.3. The van der Waals surface area contributed by atoms with Gasteiger partial charge in [0.1, 0.15) is 12.2 Å². The maximum absolute atomic E-state index is 12.6. The van der Waals surface area contributed by atoms with Gasteiger partial charge in [-0.2, -0.15) is 0 Å². The number of carbonyl (C=O) groups is 2. The summed E-state index contributed by atoms with van der Waals surface area (Å²) in [6.07, 6.45) is 6.22. The SMILES string of the molecule is C[C@@H]1CC2C3CCC4=CC(=O)C=CC4(C)[C@@]3(Cl)[C@@H](O)CC2(C)[C@@]1(O)C(=O)CO. The molecule has 3 N–H and O–H groups in total. The molecule has 0 amide bonds. The molecule has 0 aromatic heterocycles. The third-order valence-electron chi connectivity index (χ3n) is 8.79. The summed E-state index contributed by atoms with van der Waals surface area (Å²) in [6, 6.07) is 0. The van der Waals surface area contributed by atoms with Crippen LogP contribution >= 0.6 is 11.6 Å². The number of fused-ring (bicyclic) bond motifs is 5. The predicted molar refractivity (Wildman–Crippen MR) is 105 cm³/mol. The summed E-state index contributed by atoms with van der Waals surface area (Å²) >= 11 is 7.30. The first-order valence-electron chi connectivity index (χ1n) is 10.1. The number of aliphatic hydroxyl groups excluding tert-OH is 2. The van der Waals surface area contributed by atoms with Crippen LogP contribution in [0.5, 0.6) is 0 Å². The number of allylic oxidation sites excluding steroid dienone is 4. The maximum atomic E-state index is 12.6. The van der Waals surface area contributed by atoms with Crippen LogP contribution in [0.2, 0.25) is 0 Å². The van der Waals surface area contributed by atoms with Gasteiger partial charge in [-0.25, -0.2) is 0 Å². The van der Waals surface area contributed by atoms with E-state index in [1.54, 1.807) is 6.08 Å². The molecule has 0 aromatic rings. The zero-order chi connectivity index (χ0) is 20.7. The van der Waals surface area contributed by atoms with Gasteiger partial charge in [0, 0.05) is 10.8 Å². The highest BCUT2D eigenvalue weighted by Gasteiger charge is 2.74. The van der Waals surface area contributed by atoms with Crippen molar-refractivity contribution in [1.82, 2.24) is 0 Å².